The fraction of sp³-hybridized carbons (Fsp3) is 0.909. The number of unbranched alkanes of at least 4 members (excludes halogenated alkanes) is 1. The van der Waals surface area contributed by atoms with E-state index in [1.165, 1.54) is 0 Å². The Morgan fingerprint density at radius 3 is 2.87 bits per heavy atom. The monoisotopic (exact) mass is 214 g/mol. The Morgan fingerprint density at radius 2 is 2.20 bits per heavy atom. The van der Waals surface area contributed by atoms with Crippen molar-refractivity contribution in [2.24, 2.45) is 5.73 Å². The van der Waals surface area contributed by atoms with E-state index < -0.39 is 0 Å². The van der Waals surface area contributed by atoms with E-state index in [0.717, 1.165) is 38.6 Å². The molecule has 1 amide bonds. The van der Waals surface area contributed by atoms with Crippen LogP contribution in [0.3, 0.4) is 0 Å². The van der Waals surface area contributed by atoms with Crippen molar-refractivity contribution in [3.05, 3.63) is 0 Å². The van der Waals surface area contributed by atoms with Crippen LogP contribution in [0.1, 0.15) is 38.5 Å². The van der Waals surface area contributed by atoms with Gasteiger partial charge < -0.3 is 15.7 Å². The summed E-state index contributed by atoms with van der Waals surface area (Å²) in [6.45, 7) is 1.56. The number of likely N-dealkylation sites (tertiary alicyclic amines) is 1. The van der Waals surface area contributed by atoms with Gasteiger partial charge in [-0.2, -0.15) is 0 Å². The second-order valence-electron chi connectivity index (χ2n) is 4.17. The van der Waals surface area contributed by atoms with Crippen molar-refractivity contribution in [1.82, 2.24) is 4.90 Å². The van der Waals surface area contributed by atoms with Crippen LogP contribution in [0.2, 0.25) is 0 Å². The van der Waals surface area contributed by atoms with Crippen molar-refractivity contribution in [2.75, 3.05) is 19.7 Å². The van der Waals surface area contributed by atoms with Crippen LogP contribution in [0.15, 0.2) is 0 Å². The third-order valence-electron chi connectivity index (χ3n) is 3.00. The largest absolute Gasteiger partial charge is 0.394 e. The van der Waals surface area contributed by atoms with E-state index in [4.69, 9.17) is 10.8 Å². The average molecular weight is 214 g/mol. The van der Waals surface area contributed by atoms with Gasteiger partial charge in [0, 0.05) is 13.0 Å². The first-order valence-electron chi connectivity index (χ1n) is 5.90. The maximum atomic E-state index is 11.8. The second-order valence-corrected chi connectivity index (χ2v) is 4.17. The third kappa shape index (κ3) is 3.80. The fourth-order valence-corrected chi connectivity index (χ4v) is 2.08. The number of carbonyl (C=O) groups excluding carboxylic acids is 1. The maximum absolute atomic E-state index is 11.8. The number of nitrogens with zero attached hydrogens (tertiary/aromatic N) is 1. The van der Waals surface area contributed by atoms with Gasteiger partial charge in [0.05, 0.1) is 12.6 Å². The molecule has 1 aliphatic heterocycles. The topological polar surface area (TPSA) is 66.6 Å². The number of piperidine rings is 1. The zero-order valence-electron chi connectivity index (χ0n) is 9.32. The van der Waals surface area contributed by atoms with Gasteiger partial charge in [0.1, 0.15) is 0 Å². The van der Waals surface area contributed by atoms with Crippen molar-refractivity contribution in [3.63, 3.8) is 0 Å². The van der Waals surface area contributed by atoms with Crippen molar-refractivity contribution in [1.29, 1.82) is 0 Å². The molecule has 0 radical (unpaired) electrons. The summed E-state index contributed by atoms with van der Waals surface area (Å²) in [5.41, 5.74) is 5.38. The lowest BCUT2D eigenvalue weighted by Gasteiger charge is -2.34. The van der Waals surface area contributed by atoms with E-state index in [2.05, 4.69) is 0 Å². The Bertz CT molecular complexity index is 197. The Kier molecular flexibility index (Phi) is 5.65. The lowest BCUT2D eigenvalue weighted by atomic mass is 10.0. The number of aliphatic hydroxyl groups excluding tert-OH is 1. The number of hydrogen-bond acceptors (Lipinski definition) is 3. The van der Waals surface area contributed by atoms with Crippen LogP contribution in [0.25, 0.3) is 0 Å². The van der Waals surface area contributed by atoms with Crippen LogP contribution in [-0.2, 0) is 4.79 Å². The van der Waals surface area contributed by atoms with Crippen LogP contribution >= 0.6 is 0 Å². The Balaban J connectivity index is 2.34. The molecule has 1 heterocycles. The zero-order valence-corrected chi connectivity index (χ0v) is 9.32. The Morgan fingerprint density at radius 1 is 1.40 bits per heavy atom. The van der Waals surface area contributed by atoms with Gasteiger partial charge in [-0.25, -0.2) is 0 Å². The van der Waals surface area contributed by atoms with Crippen molar-refractivity contribution in [2.45, 2.75) is 44.6 Å². The molecule has 0 aromatic carbocycles. The van der Waals surface area contributed by atoms with Gasteiger partial charge in [-0.05, 0) is 38.6 Å². The normalized spacial score (nSPS) is 21.7. The number of hydrogen-bond donors (Lipinski definition) is 2. The minimum Gasteiger partial charge on any atom is -0.394 e. The van der Waals surface area contributed by atoms with Gasteiger partial charge >= 0.3 is 0 Å². The molecule has 0 aromatic heterocycles. The summed E-state index contributed by atoms with van der Waals surface area (Å²) in [6, 6.07) is 0.0594. The molecule has 15 heavy (non-hydrogen) atoms. The number of rotatable bonds is 5. The molecule has 1 unspecified atom stereocenters. The molecule has 1 atom stereocenters. The lowest BCUT2D eigenvalue weighted by molar-refractivity contribution is -0.136. The molecule has 0 bridgehead atoms. The molecule has 0 saturated carbocycles. The first kappa shape index (κ1) is 12.5. The van der Waals surface area contributed by atoms with Gasteiger partial charge in [0.25, 0.3) is 0 Å². The first-order valence-corrected chi connectivity index (χ1v) is 5.90. The first-order chi connectivity index (χ1) is 7.29. The van der Waals surface area contributed by atoms with Gasteiger partial charge in [-0.15, -0.1) is 0 Å². The molecule has 1 saturated heterocycles. The summed E-state index contributed by atoms with van der Waals surface area (Å²) in [7, 11) is 0. The van der Waals surface area contributed by atoms with Crippen LogP contribution in [0.5, 0.6) is 0 Å². The van der Waals surface area contributed by atoms with E-state index in [1.807, 2.05) is 4.90 Å². The molecular weight excluding hydrogens is 192 g/mol. The Labute approximate surface area is 91.4 Å². The van der Waals surface area contributed by atoms with Gasteiger partial charge in [-0.3, -0.25) is 4.79 Å². The second kappa shape index (κ2) is 6.80. The van der Waals surface area contributed by atoms with Crippen molar-refractivity contribution < 1.29 is 9.90 Å². The van der Waals surface area contributed by atoms with E-state index >= 15 is 0 Å². The summed E-state index contributed by atoms with van der Waals surface area (Å²) in [5, 5.41) is 9.17. The fourth-order valence-electron chi connectivity index (χ4n) is 2.08. The minimum absolute atomic E-state index is 0.0594. The van der Waals surface area contributed by atoms with Crippen LogP contribution in [0, 0.1) is 0 Å². The highest BCUT2D eigenvalue weighted by Crippen LogP contribution is 2.18. The van der Waals surface area contributed by atoms with Crippen LogP contribution in [0.4, 0.5) is 0 Å². The smallest absolute Gasteiger partial charge is 0.222 e. The number of amides is 1. The van der Waals surface area contributed by atoms with Crippen LogP contribution in [-0.4, -0.2) is 41.7 Å². The highest BCUT2D eigenvalue weighted by Gasteiger charge is 2.25. The van der Waals surface area contributed by atoms with E-state index in [-0.39, 0.29) is 18.6 Å². The molecule has 0 aliphatic carbocycles. The summed E-state index contributed by atoms with van der Waals surface area (Å²) < 4.78 is 0. The average Bonchev–Trinajstić information content (AvgIpc) is 2.29. The summed E-state index contributed by atoms with van der Waals surface area (Å²) >= 11 is 0. The molecule has 3 N–H and O–H groups in total. The van der Waals surface area contributed by atoms with Gasteiger partial charge in [0.15, 0.2) is 0 Å². The molecule has 0 spiro atoms. The minimum atomic E-state index is 0.0594. The predicted octanol–water partition coefficient (Wildman–Crippen LogP) is 0.489. The third-order valence-corrected chi connectivity index (χ3v) is 3.00. The molecule has 1 rings (SSSR count). The van der Waals surface area contributed by atoms with E-state index in [1.54, 1.807) is 0 Å². The highest BCUT2D eigenvalue weighted by atomic mass is 16.3. The number of carbonyl (C=O) groups is 1. The molecule has 1 aliphatic rings. The SMILES string of the molecule is NCCCCC(=O)N1CCCCC1CO. The van der Waals surface area contributed by atoms with Gasteiger partial charge in [-0.1, -0.05) is 0 Å². The molecule has 0 aromatic rings. The zero-order chi connectivity index (χ0) is 11.1. The maximum Gasteiger partial charge on any atom is 0.222 e. The van der Waals surface area contributed by atoms with Crippen molar-refractivity contribution in [3.8, 4) is 0 Å². The number of aliphatic hydroxyl groups is 1. The molecule has 88 valence electrons. The molecule has 1 fully saturated rings. The summed E-state index contributed by atoms with van der Waals surface area (Å²) in [5.74, 6) is 0.183. The molecule has 4 heteroatoms. The standard InChI is InChI=1S/C11H22N2O2/c12-7-3-1-6-11(15)13-8-4-2-5-10(13)9-14/h10,14H,1-9,12H2. The number of nitrogens with two attached hydrogens (primary N) is 1. The molecule has 4 nitrogen and oxygen atoms in total. The Hall–Kier alpha value is -0.610. The lowest BCUT2D eigenvalue weighted by Crippen LogP contribution is -2.45. The van der Waals surface area contributed by atoms with Crippen LogP contribution < -0.4 is 5.73 Å². The van der Waals surface area contributed by atoms with E-state index in [9.17, 15) is 4.79 Å². The van der Waals surface area contributed by atoms with E-state index in [0.29, 0.717) is 13.0 Å². The predicted molar refractivity (Wildman–Crippen MR) is 59.3 cm³/mol. The summed E-state index contributed by atoms with van der Waals surface area (Å²) in [6.07, 6.45) is 5.48. The van der Waals surface area contributed by atoms with Gasteiger partial charge in [0.2, 0.25) is 5.91 Å². The molecular formula is C11H22N2O2. The summed E-state index contributed by atoms with van der Waals surface area (Å²) in [4.78, 5) is 13.7. The quantitative estimate of drug-likeness (QED) is 0.654. The highest BCUT2D eigenvalue weighted by molar-refractivity contribution is 5.76. The van der Waals surface area contributed by atoms with Crippen molar-refractivity contribution >= 4 is 5.91 Å².